The summed E-state index contributed by atoms with van der Waals surface area (Å²) in [5.41, 5.74) is 2.32. The predicted molar refractivity (Wildman–Crippen MR) is 90.8 cm³/mol. The molecule has 0 spiro atoms. The van der Waals surface area contributed by atoms with Crippen molar-refractivity contribution in [2.24, 2.45) is 0 Å². The molecule has 0 radical (unpaired) electrons. The number of hydrogen-bond donors (Lipinski definition) is 0. The van der Waals surface area contributed by atoms with Crippen LogP contribution in [0, 0.1) is 0 Å². The number of carbonyl (C=O) groups is 1. The minimum Gasteiger partial charge on any atom is -0.490 e. The fourth-order valence-electron chi connectivity index (χ4n) is 2.29. The summed E-state index contributed by atoms with van der Waals surface area (Å²) in [5.74, 6) is 0.358. The van der Waals surface area contributed by atoms with Crippen LogP contribution < -0.4 is 4.74 Å². The molecule has 0 N–H and O–H groups in total. The fourth-order valence-corrected chi connectivity index (χ4v) is 2.29. The Morgan fingerprint density at radius 1 is 1.12 bits per heavy atom. The Morgan fingerprint density at radius 2 is 2.00 bits per heavy atom. The lowest BCUT2D eigenvalue weighted by molar-refractivity contribution is 0.0450. The number of carbonyl (C=O) groups excluding carboxylic acids is 1. The predicted octanol–water partition coefficient (Wildman–Crippen LogP) is 2.46. The van der Waals surface area contributed by atoms with Crippen LogP contribution in [0.25, 0.3) is 5.69 Å². The molecule has 3 aromatic rings. The summed E-state index contributed by atoms with van der Waals surface area (Å²) < 4.78 is 12.3. The SMILES string of the molecule is CCc1cccc(OCCOC(=O)c2cccc(-n3cnnn3)c2)c1. The maximum absolute atomic E-state index is 12.1. The number of esters is 1. The van der Waals surface area contributed by atoms with Crippen LogP contribution in [0.4, 0.5) is 0 Å². The molecule has 0 aliphatic heterocycles. The molecule has 0 fully saturated rings. The van der Waals surface area contributed by atoms with Crippen molar-refractivity contribution in [3.05, 3.63) is 66.0 Å². The van der Waals surface area contributed by atoms with Gasteiger partial charge in [-0.15, -0.1) is 5.10 Å². The van der Waals surface area contributed by atoms with E-state index in [0.29, 0.717) is 17.9 Å². The van der Waals surface area contributed by atoms with E-state index in [1.54, 1.807) is 24.3 Å². The highest BCUT2D eigenvalue weighted by molar-refractivity contribution is 5.90. The Kier molecular flexibility index (Phi) is 5.36. The maximum atomic E-state index is 12.1. The number of tetrazole rings is 1. The zero-order valence-electron chi connectivity index (χ0n) is 13.8. The number of nitrogens with zero attached hydrogens (tertiary/aromatic N) is 4. The van der Waals surface area contributed by atoms with Crippen LogP contribution in [-0.2, 0) is 11.2 Å². The van der Waals surface area contributed by atoms with E-state index < -0.39 is 5.97 Å². The van der Waals surface area contributed by atoms with Gasteiger partial charge < -0.3 is 9.47 Å². The number of aryl methyl sites for hydroxylation is 1. The molecule has 0 aliphatic rings. The van der Waals surface area contributed by atoms with E-state index in [2.05, 4.69) is 22.4 Å². The van der Waals surface area contributed by atoms with E-state index in [0.717, 1.165) is 12.2 Å². The third-order valence-electron chi connectivity index (χ3n) is 3.59. The minimum absolute atomic E-state index is 0.171. The van der Waals surface area contributed by atoms with Gasteiger partial charge in [-0.3, -0.25) is 0 Å². The van der Waals surface area contributed by atoms with Gasteiger partial charge in [0.25, 0.3) is 0 Å². The first-order valence-electron chi connectivity index (χ1n) is 7.98. The summed E-state index contributed by atoms with van der Waals surface area (Å²) in [4.78, 5) is 12.1. The summed E-state index contributed by atoms with van der Waals surface area (Å²) in [5, 5.41) is 10.9. The number of rotatable bonds is 7. The summed E-state index contributed by atoms with van der Waals surface area (Å²) >= 11 is 0. The molecule has 0 bridgehead atoms. The van der Waals surface area contributed by atoms with Crippen molar-refractivity contribution in [1.82, 2.24) is 20.2 Å². The van der Waals surface area contributed by atoms with Crippen molar-refractivity contribution in [2.75, 3.05) is 13.2 Å². The molecule has 0 amide bonds. The number of benzene rings is 2. The number of aromatic nitrogens is 4. The van der Waals surface area contributed by atoms with E-state index in [1.807, 2.05) is 24.3 Å². The molecule has 0 atom stereocenters. The second-order valence-electron chi connectivity index (χ2n) is 5.29. The van der Waals surface area contributed by atoms with Crippen LogP contribution in [0.1, 0.15) is 22.8 Å². The molecule has 128 valence electrons. The van der Waals surface area contributed by atoms with Gasteiger partial charge in [0.05, 0.1) is 11.3 Å². The lowest BCUT2D eigenvalue weighted by Crippen LogP contribution is -2.12. The third-order valence-corrected chi connectivity index (χ3v) is 3.59. The van der Waals surface area contributed by atoms with Crippen LogP contribution in [0.2, 0.25) is 0 Å². The van der Waals surface area contributed by atoms with Gasteiger partial charge in [0.2, 0.25) is 0 Å². The molecule has 7 nitrogen and oxygen atoms in total. The first kappa shape index (κ1) is 16.6. The molecule has 7 heteroatoms. The van der Waals surface area contributed by atoms with E-state index in [4.69, 9.17) is 9.47 Å². The summed E-state index contributed by atoms with van der Waals surface area (Å²) in [6, 6.07) is 14.8. The van der Waals surface area contributed by atoms with Gasteiger partial charge in [-0.05, 0) is 52.7 Å². The highest BCUT2D eigenvalue weighted by atomic mass is 16.6. The summed E-state index contributed by atoms with van der Waals surface area (Å²) in [7, 11) is 0. The van der Waals surface area contributed by atoms with Gasteiger partial charge in [0.1, 0.15) is 25.3 Å². The van der Waals surface area contributed by atoms with E-state index in [1.165, 1.54) is 16.6 Å². The van der Waals surface area contributed by atoms with Gasteiger partial charge in [-0.1, -0.05) is 25.1 Å². The van der Waals surface area contributed by atoms with Gasteiger partial charge in [0, 0.05) is 0 Å². The average molecular weight is 338 g/mol. The van der Waals surface area contributed by atoms with E-state index in [9.17, 15) is 4.79 Å². The Hall–Kier alpha value is -3.22. The number of ether oxygens (including phenoxy) is 2. The van der Waals surface area contributed by atoms with Crippen LogP contribution in [0.3, 0.4) is 0 Å². The van der Waals surface area contributed by atoms with Crippen LogP contribution in [-0.4, -0.2) is 39.4 Å². The van der Waals surface area contributed by atoms with Crippen molar-refractivity contribution >= 4 is 5.97 Å². The number of hydrogen-bond acceptors (Lipinski definition) is 6. The Bertz CT molecular complexity index is 834. The highest BCUT2D eigenvalue weighted by Crippen LogP contribution is 2.14. The minimum atomic E-state index is -0.416. The average Bonchev–Trinajstić information content (AvgIpc) is 3.20. The quantitative estimate of drug-likeness (QED) is 0.486. The molecule has 1 aromatic heterocycles. The lowest BCUT2D eigenvalue weighted by Gasteiger charge is -2.09. The third kappa shape index (κ3) is 4.41. The smallest absolute Gasteiger partial charge is 0.338 e. The van der Waals surface area contributed by atoms with Gasteiger partial charge in [-0.2, -0.15) is 0 Å². The van der Waals surface area contributed by atoms with Crippen LogP contribution in [0.15, 0.2) is 54.9 Å². The second-order valence-corrected chi connectivity index (χ2v) is 5.29. The van der Waals surface area contributed by atoms with Crippen LogP contribution in [0.5, 0.6) is 5.75 Å². The van der Waals surface area contributed by atoms with E-state index >= 15 is 0 Å². The molecule has 25 heavy (non-hydrogen) atoms. The Morgan fingerprint density at radius 3 is 2.80 bits per heavy atom. The lowest BCUT2D eigenvalue weighted by atomic mass is 10.2. The Labute approximate surface area is 145 Å². The molecule has 1 heterocycles. The normalized spacial score (nSPS) is 10.4. The zero-order chi connectivity index (χ0) is 17.5. The first-order chi connectivity index (χ1) is 12.3. The summed E-state index contributed by atoms with van der Waals surface area (Å²) in [6.07, 6.45) is 2.41. The largest absolute Gasteiger partial charge is 0.490 e. The molecular formula is C18H18N4O3. The highest BCUT2D eigenvalue weighted by Gasteiger charge is 2.09. The molecule has 0 aliphatic carbocycles. The topological polar surface area (TPSA) is 79.1 Å². The second kappa shape index (κ2) is 8.05. The van der Waals surface area contributed by atoms with Crippen molar-refractivity contribution < 1.29 is 14.3 Å². The molecule has 0 saturated carbocycles. The van der Waals surface area contributed by atoms with Crippen molar-refractivity contribution in [3.63, 3.8) is 0 Å². The first-order valence-corrected chi connectivity index (χ1v) is 7.98. The monoisotopic (exact) mass is 338 g/mol. The van der Waals surface area contributed by atoms with Gasteiger partial charge >= 0.3 is 5.97 Å². The Balaban J connectivity index is 1.52. The van der Waals surface area contributed by atoms with Crippen molar-refractivity contribution in [2.45, 2.75) is 13.3 Å². The van der Waals surface area contributed by atoms with Crippen molar-refractivity contribution in [3.8, 4) is 11.4 Å². The molecule has 0 unspecified atom stereocenters. The fraction of sp³-hybridized carbons (Fsp3) is 0.222. The van der Waals surface area contributed by atoms with E-state index in [-0.39, 0.29) is 6.61 Å². The zero-order valence-corrected chi connectivity index (χ0v) is 13.8. The maximum Gasteiger partial charge on any atom is 0.338 e. The van der Waals surface area contributed by atoms with Gasteiger partial charge in [0.15, 0.2) is 0 Å². The molecule has 0 saturated heterocycles. The van der Waals surface area contributed by atoms with Crippen molar-refractivity contribution in [1.29, 1.82) is 0 Å². The standard InChI is InChI=1S/C18H18N4O3/c1-2-14-5-3-8-17(11-14)24-9-10-25-18(23)15-6-4-7-16(12-15)22-13-19-20-21-22/h3-8,11-13H,2,9-10H2,1H3. The molecule has 2 aromatic carbocycles. The molecular weight excluding hydrogens is 320 g/mol. The van der Waals surface area contributed by atoms with Crippen LogP contribution >= 0.6 is 0 Å². The molecule has 3 rings (SSSR count). The van der Waals surface area contributed by atoms with Gasteiger partial charge in [-0.25, -0.2) is 9.48 Å². The summed E-state index contributed by atoms with van der Waals surface area (Å²) in [6.45, 7) is 2.56.